The van der Waals surface area contributed by atoms with Crippen molar-refractivity contribution in [3.8, 4) is 0 Å². The molecule has 2 aliphatic carbocycles. The molecule has 1 fully saturated rings. The molecule has 2 heterocycles. The molecule has 6 nitrogen and oxygen atoms in total. The highest BCUT2D eigenvalue weighted by atomic mass is 19.4. The molecular weight excluding hydrogens is 450 g/mol. The number of alkyl halides is 3. The van der Waals surface area contributed by atoms with E-state index in [1.54, 1.807) is 6.33 Å². The fourth-order valence-electron chi connectivity index (χ4n) is 5.08. The van der Waals surface area contributed by atoms with Crippen LogP contribution in [0.3, 0.4) is 0 Å². The monoisotopic (exact) mass is 475 g/mol. The third kappa shape index (κ3) is 4.71. The molecule has 1 saturated carbocycles. The van der Waals surface area contributed by atoms with Crippen molar-refractivity contribution in [2.75, 3.05) is 5.32 Å². The molecule has 10 heteroatoms. The number of hydrogen-bond acceptors (Lipinski definition) is 4. The molecule has 34 heavy (non-hydrogen) atoms. The quantitative estimate of drug-likeness (QED) is 0.475. The van der Waals surface area contributed by atoms with Gasteiger partial charge in [-0.3, -0.25) is 4.79 Å². The van der Waals surface area contributed by atoms with Gasteiger partial charge in [0.1, 0.15) is 11.5 Å². The number of anilines is 1. The van der Waals surface area contributed by atoms with Crippen LogP contribution in [0.1, 0.15) is 49.2 Å². The van der Waals surface area contributed by atoms with Crippen LogP contribution >= 0.6 is 0 Å². The maximum Gasteiger partial charge on any atom is 0.433 e. The summed E-state index contributed by atoms with van der Waals surface area (Å²) < 4.78 is 54.0. The van der Waals surface area contributed by atoms with Gasteiger partial charge in [-0.05, 0) is 62.8 Å². The summed E-state index contributed by atoms with van der Waals surface area (Å²) in [6.07, 6.45) is 2.13. The second kappa shape index (κ2) is 8.88. The number of fused-ring (bicyclic) bond motifs is 2. The normalized spacial score (nSPS) is 22.9. The predicted molar refractivity (Wildman–Crippen MR) is 119 cm³/mol. The first kappa shape index (κ1) is 22.6. The number of H-pyrrole nitrogens is 1. The highest BCUT2D eigenvalue weighted by Crippen LogP contribution is 2.35. The summed E-state index contributed by atoms with van der Waals surface area (Å²) in [5.74, 6) is -0.664. The molecular formula is C24H25F4N5O. The van der Waals surface area contributed by atoms with Crippen LogP contribution in [0.25, 0.3) is 10.9 Å². The number of nitrogens with one attached hydrogen (secondary N) is 3. The Bertz CT molecular complexity index is 1210. The van der Waals surface area contributed by atoms with Gasteiger partial charge < -0.3 is 15.6 Å². The van der Waals surface area contributed by atoms with Crippen molar-refractivity contribution in [3.63, 3.8) is 0 Å². The van der Waals surface area contributed by atoms with Crippen molar-refractivity contribution in [2.24, 2.45) is 5.92 Å². The number of aromatic nitrogens is 3. The molecule has 0 spiro atoms. The summed E-state index contributed by atoms with van der Waals surface area (Å²) in [5, 5.41) is 6.63. The number of pyridine rings is 1. The van der Waals surface area contributed by atoms with E-state index in [1.807, 2.05) is 0 Å². The topological polar surface area (TPSA) is 82.7 Å². The smallest absolute Gasteiger partial charge is 0.382 e. The molecule has 1 amide bonds. The van der Waals surface area contributed by atoms with Crippen molar-refractivity contribution in [1.82, 2.24) is 20.3 Å². The van der Waals surface area contributed by atoms with Gasteiger partial charge >= 0.3 is 6.18 Å². The molecule has 3 N–H and O–H groups in total. The van der Waals surface area contributed by atoms with E-state index in [9.17, 15) is 22.4 Å². The van der Waals surface area contributed by atoms with E-state index in [1.165, 1.54) is 12.1 Å². The Labute approximate surface area is 193 Å². The minimum absolute atomic E-state index is 0.00156. The van der Waals surface area contributed by atoms with Crippen molar-refractivity contribution in [3.05, 3.63) is 53.5 Å². The van der Waals surface area contributed by atoms with Crippen molar-refractivity contribution in [1.29, 1.82) is 0 Å². The van der Waals surface area contributed by atoms with Crippen LogP contribution in [0.4, 0.5) is 23.2 Å². The van der Waals surface area contributed by atoms with Crippen molar-refractivity contribution >= 4 is 22.5 Å². The molecule has 2 aliphatic rings. The number of aromatic amines is 1. The zero-order chi connectivity index (χ0) is 23.9. The number of carbonyl (C=O) groups excluding carboxylic acids is 1. The van der Waals surface area contributed by atoms with Crippen LogP contribution < -0.4 is 10.6 Å². The average Bonchev–Trinajstić information content (AvgIpc) is 3.27. The number of nitrogens with zero attached hydrogens (tertiary/aromatic N) is 2. The number of imidazole rings is 1. The first-order chi connectivity index (χ1) is 16.3. The molecule has 0 radical (unpaired) electrons. The Morgan fingerprint density at radius 3 is 2.76 bits per heavy atom. The number of benzene rings is 1. The van der Waals surface area contributed by atoms with Gasteiger partial charge in [-0.15, -0.1) is 0 Å². The number of rotatable bonds is 4. The lowest BCUT2D eigenvalue weighted by atomic mass is 9.87. The van der Waals surface area contributed by atoms with E-state index in [0.29, 0.717) is 18.2 Å². The van der Waals surface area contributed by atoms with Crippen LogP contribution in [0, 0.1) is 11.7 Å². The van der Waals surface area contributed by atoms with Crippen LogP contribution in [0.2, 0.25) is 0 Å². The van der Waals surface area contributed by atoms with E-state index < -0.39 is 17.7 Å². The van der Waals surface area contributed by atoms with Gasteiger partial charge in [0.05, 0.1) is 17.5 Å². The lowest BCUT2D eigenvalue weighted by Gasteiger charge is -2.32. The van der Waals surface area contributed by atoms with Crippen LogP contribution in [0.5, 0.6) is 0 Å². The first-order valence-electron chi connectivity index (χ1n) is 11.5. The molecule has 3 atom stereocenters. The second-order valence-electron chi connectivity index (χ2n) is 9.20. The Kier molecular flexibility index (Phi) is 5.91. The molecule has 0 aliphatic heterocycles. The van der Waals surface area contributed by atoms with E-state index in [4.69, 9.17) is 0 Å². The standard InChI is InChI=1S/C24H25F4N5O/c25-14-5-7-18-17(9-14)20(11-22(33-18)24(26,27)28)31-15-2-1-3-16(10-15)32-23(34)13-4-6-19-21(8-13)30-12-29-19/h5,7,9,11-13,15-16H,1-4,6,8,10H2,(H,29,30)(H,31,33)(H,32,34)/t13?,15-,16+/m0/s1. The van der Waals surface area contributed by atoms with Gasteiger partial charge in [0, 0.05) is 41.2 Å². The van der Waals surface area contributed by atoms with Gasteiger partial charge in [-0.1, -0.05) is 0 Å². The fraction of sp³-hybridized carbons (Fsp3) is 0.458. The molecule has 5 rings (SSSR count). The van der Waals surface area contributed by atoms with E-state index in [2.05, 4.69) is 25.6 Å². The first-order valence-corrected chi connectivity index (χ1v) is 11.5. The SMILES string of the molecule is O=C(N[C@@H]1CCC[C@H](Nc2cc(C(F)(F)F)nc3ccc(F)cc23)C1)C1CCc2nc[nH]c2C1. The van der Waals surface area contributed by atoms with E-state index >= 15 is 0 Å². The molecule has 0 bridgehead atoms. The lowest BCUT2D eigenvalue weighted by Crippen LogP contribution is -2.45. The van der Waals surface area contributed by atoms with Gasteiger partial charge in [0.25, 0.3) is 0 Å². The zero-order valence-corrected chi connectivity index (χ0v) is 18.4. The summed E-state index contributed by atoms with van der Waals surface area (Å²) in [7, 11) is 0. The molecule has 1 unspecified atom stereocenters. The summed E-state index contributed by atoms with van der Waals surface area (Å²) in [6, 6.07) is 4.26. The maximum absolute atomic E-state index is 13.9. The number of hydrogen-bond donors (Lipinski definition) is 3. The van der Waals surface area contributed by atoms with Crippen molar-refractivity contribution in [2.45, 2.75) is 63.2 Å². The minimum Gasteiger partial charge on any atom is -0.382 e. The van der Waals surface area contributed by atoms with Crippen LogP contribution in [-0.2, 0) is 23.8 Å². The highest BCUT2D eigenvalue weighted by molar-refractivity contribution is 5.91. The predicted octanol–water partition coefficient (Wildman–Crippen LogP) is 4.76. The number of halogens is 4. The Morgan fingerprint density at radius 2 is 1.94 bits per heavy atom. The van der Waals surface area contributed by atoms with Crippen molar-refractivity contribution < 1.29 is 22.4 Å². The number of amides is 1. The molecule has 180 valence electrons. The van der Waals surface area contributed by atoms with Gasteiger partial charge in [-0.2, -0.15) is 13.2 Å². The fourth-order valence-corrected chi connectivity index (χ4v) is 5.08. The Morgan fingerprint density at radius 1 is 1.12 bits per heavy atom. The van der Waals surface area contributed by atoms with E-state index in [0.717, 1.165) is 55.6 Å². The molecule has 2 aromatic heterocycles. The van der Waals surface area contributed by atoms with Gasteiger partial charge in [0.2, 0.25) is 5.91 Å². The van der Waals surface area contributed by atoms with Crippen LogP contribution in [-0.4, -0.2) is 32.9 Å². The Balaban J connectivity index is 1.29. The molecule has 3 aromatic rings. The molecule has 0 saturated heterocycles. The summed E-state index contributed by atoms with van der Waals surface area (Å²) in [4.78, 5) is 23.9. The third-order valence-corrected chi connectivity index (χ3v) is 6.80. The maximum atomic E-state index is 13.9. The molecule has 1 aromatic carbocycles. The zero-order valence-electron chi connectivity index (χ0n) is 18.4. The summed E-state index contributed by atoms with van der Waals surface area (Å²) in [5.41, 5.74) is 1.28. The Hall–Kier alpha value is -3.17. The largest absolute Gasteiger partial charge is 0.433 e. The van der Waals surface area contributed by atoms with Gasteiger partial charge in [0.15, 0.2) is 0 Å². The third-order valence-electron chi connectivity index (χ3n) is 6.80. The van der Waals surface area contributed by atoms with Gasteiger partial charge in [-0.25, -0.2) is 14.4 Å². The summed E-state index contributed by atoms with van der Waals surface area (Å²) >= 11 is 0. The highest BCUT2D eigenvalue weighted by Gasteiger charge is 2.34. The summed E-state index contributed by atoms with van der Waals surface area (Å²) in [6.45, 7) is 0. The average molecular weight is 475 g/mol. The number of aryl methyl sites for hydroxylation is 1. The minimum atomic E-state index is -4.61. The van der Waals surface area contributed by atoms with Crippen LogP contribution in [0.15, 0.2) is 30.6 Å². The number of carbonyl (C=O) groups is 1. The second-order valence-corrected chi connectivity index (χ2v) is 9.20. The van der Waals surface area contributed by atoms with E-state index in [-0.39, 0.29) is 35.1 Å². The lowest BCUT2D eigenvalue weighted by molar-refractivity contribution is -0.140.